The molecule has 0 amide bonds. The maximum atomic E-state index is 12.3. The molecule has 0 bridgehead atoms. The number of phenolic OH excluding ortho intramolecular Hbond substituents is 1. The highest BCUT2D eigenvalue weighted by Gasteiger charge is 2.14. The number of phenols is 1. The number of rotatable bonds is 7. The van der Waals surface area contributed by atoms with Crippen molar-refractivity contribution in [2.75, 3.05) is 19.8 Å². The van der Waals surface area contributed by atoms with Gasteiger partial charge in [-0.1, -0.05) is 30.3 Å². The first kappa shape index (κ1) is 16.9. The van der Waals surface area contributed by atoms with E-state index in [0.717, 1.165) is 0 Å². The van der Waals surface area contributed by atoms with Crippen molar-refractivity contribution in [2.45, 2.75) is 0 Å². The van der Waals surface area contributed by atoms with E-state index < -0.39 is 0 Å². The zero-order valence-electron chi connectivity index (χ0n) is 12.3. The van der Waals surface area contributed by atoms with Crippen LogP contribution in [0.25, 0.3) is 0 Å². The molecule has 120 valence electrons. The van der Waals surface area contributed by atoms with E-state index in [0.29, 0.717) is 11.3 Å². The van der Waals surface area contributed by atoms with Crippen molar-refractivity contribution < 1.29 is 24.5 Å². The molecule has 0 aliphatic carbocycles. The van der Waals surface area contributed by atoms with Crippen LogP contribution in [0.1, 0.15) is 15.9 Å². The van der Waals surface area contributed by atoms with Gasteiger partial charge in [0.25, 0.3) is 0 Å². The summed E-state index contributed by atoms with van der Waals surface area (Å²) in [6, 6.07) is 13.2. The average molecular weight is 332 g/mol. The number of aliphatic hydroxyl groups is 1. The lowest BCUT2D eigenvalue weighted by molar-refractivity contribution is 0.103. The number of aromatic hydroxyl groups is 1. The molecule has 2 N–H and O–H groups in total. The zero-order valence-corrected chi connectivity index (χ0v) is 13.1. The van der Waals surface area contributed by atoms with Crippen molar-refractivity contribution in [1.82, 2.24) is 0 Å². The van der Waals surface area contributed by atoms with Crippen molar-refractivity contribution >= 4 is 23.1 Å². The molecule has 0 saturated carbocycles. The van der Waals surface area contributed by atoms with Crippen LogP contribution in [0.5, 0.6) is 11.5 Å². The Labute approximate surface area is 139 Å². The normalized spacial score (nSPS) is 10.1. The van der Waals surface area contributed by atoms with E-state index in [2.05, 4.69) is 0 Å². The molecule has 2 aromatic rings. The Hall–Kier alpha value is -2.44. The SMILES string of the molecule is O=C(c1ccccc1)c1ccc(OCCOC(=S)CO)cc1O. The molecule has 0 heterocycles. The van der Waals surface area contributed by atoms with Crippen molar-refractivity contribution in [3.63, 3.8) is 0 Å². The summed E-state index contributed by atoms with van der Waals surface area (Å²) in [5.41, 5.74) is 0.712. The molecule has 0 aliphatic rings. The third-order valence-corrected chi connectivity index (χ3v) is 3.24. The van der Waals surface area contributed by atoms with Crippen LogP contribution >= 0.6 is 12.2 Å². The molecule has 0 spiro atoms. The van der Waals surface area contributed by atoms with Gasteiger partial charge < -0.3 is 19.7 Å². The van der Waals surface area contributed by atoms with Gasteiger partial charge in [0.2, 0.25) is 0 Å². The van der Waals surface area contributed by atoms with Crippen LogP contribution in [0.3, 0.4) is 0 Å². The van der Waals surface area contributed by atoms with Gasteiger partial charge in [-0.3, -0.25) is 4.79 Å². The van der Waals surface area contributed by atoms with Crippen LogP contribution < -0.4 is 4.74 Å². The Morgan fingerprint density at radius 2 is 1.83 bits per heavy atom. The maximum absolute atomic E-state index is 12.3. The van der Waals surface area contributed by atoms with Crippen LogP contribution in [-0.4, -0.2) is 40.9 Å². The largest absolute Gasteiger partial charge is 0.507 e. The zero-order chi connectivity index (χ0) is 16.7. The van der Waals surface area contributed by atoms with Gasteiger partial charge in [0.1, 0.15) is 31.3 Å². The predicted molar refractivity (Wildman–Crippen MR) is 89.1 cm³/mol. The molecule has 0 fully saturated rings. The number of hydrogen-bond donors (Lipinski definition) is 2. The molecule has 5 nitrogen and oxygen atoms in total. The van der Waals surface area contributed by atoms with Gasteiger partial charge in [0, 0.05) is 11.6 Å². The van der Waals surface area contributed by atoms with Gasteiger partial charge in [0.15, 0.2) is 10.8 Å². The van der Waals surface area contributed by atoms with Crippen LogP contribution in [0.4, 0.5) is 0 Å². The standard InChI is InChI=1S/C17H16O5S/c18-11-16(23)22-9-8-21-13-6-7-14(15(19)10-13)17(20)12-4-2-1-3-5-12/h1-7,10,18-19H,8-9,11H2. The number of benzene rings is 2. The lowest BCUT2D eigenvalue weighted by Gasteiger charge is -2.10. The van der Waals surface area contributed by atoms with E-state index in [9.17, 15) is 9.90 Å². The molecule has 0 radical (unpaired) electrons. The van der Waals surface area contributed by atoms with Gasteiger partial charge in [-0.05, 0) is 24.4 Å². The fourth-order valence-electron chi connectivity index (χ4n) is 1.90. The Morgan fingerprint density at radius 3 is 2.48 bits per heavy atom. The Kier molecular flexibility index (Phi) is 6.08. The van der Waals surface area contributed by atoms with E-state index in [4.69, 9.17) is 26.8 Å². The topological polar surface area (TPSA) is 76.0 Å². The molecule has 23 heavy (non-hydrogen) atoms. The highest BCUT2D eigenvalue weighted by molar-refractivity contribution is 7.80. The van der Waals surface area contributed by atoms with Crippen molar-refractivity contribution in [3.05, 3.63) is 59.7 Å². The molecule has 6 heteroatoms. The first-order valence-corrected chi connectivity index (χ1v) is 7.34. The van der Waals surface area contributed by atoms with Crippen LogP contribution in [0.2, 0.25) is 0 Å². The Balaban J connectivity index is 1.98. The summed E-state index contributed by atoms with van der Waals surface area (Å²) in [6.07, 6.45) is 0. The number of ether oxygens (including phenoxy) is 2. The maximum Gasteiger partial charge on any atom is 0.196 e. The van der Waals surface area contributed by atoms with Crippen LogP contribution in [-0.2, 0) is 4.74 Å². The third kappa shape index (κ3) is 4.77. The summed E-state index contributed by atoms with van der Waals surface area (Å²) in [5, 5.41) is 18.8. The summed E-state index contributed by atoms with van der Waals surface area (Å²) < 4.78 is 10.4. The summed E-state index contributed by atoms with van der Waals surface area (Å²) in [6.45, 7) is 0.0722. The van der Waals surface area contributed by atoms with Gasteiger partial charge >= 0.3 is 0 Å². The smallest absolute Gasteiger partial charge is 0.196 e. The van der Waals surface area contributed by atoms with E-state index in [-0.39, 0.29) is 42.0 Å². The minimum atomic E-state index is -0.313. The van der Waals surface area contributed by atoms with E-state index >= 15 is 0 Å². The number of hydrogen-bond acceptors (Lipinski definition) is 6. The van der Waals surface area contributed by atoms with Crippen molar-refractivity contribution in [2.24, 2.45) is 0 Å². The number of ketones is 1. The van der Waals surface area contributed by atoms with Gasteiger partial charge in [-0.2, -0.15) is 0 Å². The second-order valence-corrected chi connectivity index (χ2v) is 5.06. The lowest BCUT2D eigenvalue weighted by atomic mass is 10.0. The lowest BCUT2D eigenvalue weighted by Crippen LogP contribution is -2.13. The van der Waals surface area contributed by atoms with Gasteiger partial charge in [-0.25, -0.2) is 0 Å². The quantitative estimate of drug-likeness (QED) is 0.460. The molecular formula is C17H16O5S. The monoisotopic (exact) mass is 332 g/mol. The molecule has 0 saturated heterocycles. The number of thiocarbonyl (C=S) groups is 1. The third-order valence-electron chi connectivity index (χ3n) is 2.99. The fourth-order valence-corrected chi connectivity index (χ4v) is 1.98. The first-order chi connectivity index (χ1) is 11.1. The van der Waals surface area contributed by atoms with Crippen LogP contribution in [0.15, 0.2) is 48.5 Å². The fraction of sp³-hybridized carbons (Fsp3) is 0.176. The molecule has 0 atom stereocenters. The average Bonchev–Trinajstić information content (AvgIpc) is 2.58. The second kappa shape index (κ2) is 8.26. The molecule has 0 aromatic heterocycles. The van der Waals surface area contributed by atoms with Crippen molar-refractivity contribution in [1.29, 1.82) is 0 Å². The Bertz CT molecular complexity index is 685. The first-order valence-electron chi connectivity index (χ1n) is 6.94. The van der Waals surface area contributed by atoms with Crippen molar-refractivity contribution in [3.8, 4) is 11.5 Å². The summed E-state index contributed by atoms with van der Waals surface area (Å²) >= 11 is 4.69. The highest BCUT2D eigenvalue weighted by Crippen LogP contribution is 2.25. The van der Waals surface area contributed by atoms with E-state index in [1.807, 2.05) is 6.07 Å². The molecular weight excluding hydrogens is 316 g/mol. The van der Waals surface area contributed by atoms with Gasteiger partial charge in [-0.15, -0.1) is 0 Å². The number of aliphatic hydroxyl groups excluding tert-OH is 1. The Morgan fingerprint density at radius 1 is 1.09 bits per heavy atom. The van der Waals surface area contributed by atoms with Crippen LogP contribution in [0, 0.1) is 0 Å². The summed E-state index contributed by atoms with van der Waals surface area (Å²) in [7, 11) is 0. The van der Waals surface area contributed by atoms with Gasteiger partial charge in [0.05, 0.1) is 5.56 Å². The highest BCUT2D eigenvalue weighted by atomic mass is 32.1. The summed E-state index contributed by atoms with van der Waals surface area (Å²) in [5.74, 6) is 0.0000526. The molecule has 0 unspecified atom stereocenters. The minimum absolute atomic E-state index is 0.0975. The van der Waals surface area contributed by atoms with E-state index in [1.54, 1.807) is 30.3 Å². The molecule has 0 aliphatic heterocycles. The number of carbonyl (C=O) groups excluding carboxylic acids is 1. The number of carbonyl (C=O) groups is 1. The molecule has 2 aromatic carbocycles. The molecule has 2 rings (SSSR count). The predicted octanol–water partition coefficient (Wildman–Crippen LogP) is 2.34. The summed E-state index contributed by atoms with van der Waals surface area (Å²) in [4.78, 5) is 12.3. The van der Waals surface area contributed by atoms with E-state index in [1.165, 1.54) is 12.1 Å². The second-order valence-electron chi connectivity index (χ2n) is 4.60. The minimum Gasteiger partial charge on any atom is -0.507 e.